The van der Waals surface area contributed by atoms with Crippen molar-refractivity contribution in [1.29, 1.82) is 0 Å². The van der Waals surface area contributed by atoms with E-state index in [0.717, 1.165) is 40.9 Å². The molecule has 228 valence electrons. The number of rotatable bonds is 13. The first kappa shape index (κ1) is 31.9. The van der Waals surface area contributed by atoms with Gasteiger partial charge in [-0.2, -0.15) is 10.1 Å². The van der Waals surface area contributed by atoms with Gasteiger partial charge in [0, 0.05) is 5.39 Å². The second-order valence-corrected chi connectivity index (χ2v) is 13.0. The number of fused-ring (bicyclic) bond motifs is 1. The molecule has 4 rings (SSSR count). The van der Waals surface area contributed by atoms with Gasteiger partial charge < -0.3 is 25.2 Å². The molecule has 1 fully saturated rings. The van der Waals surface area contributed by atoms with Gasteiger partial charge in [0.05, 0.1) is 24.6 Å². The first-order chi connectivity index (χ1) is 20.0. The summed E-state index contributed by atoms with van der Waals surface area (Å²) in [5.74, 6) is -0.389. The first-order valence-corrected chi connectivity index (χ1v) is 16.1. The number of hydrogen-bond acceptors (Lipinski definition) is 12. The monoisotopic (exact) mass is 621 g/mol. The summed E-state index contributed by atoms with van der Waals surface area (Å²) in [5, 5.41) is 23.8. The number of anilines is 1. The number of carbonyl (C=O) groups is 1. The van der Waals surface area contributed by atoms with Crippen LogP contribution in [0.4, 0.5) is 5.95 Å². The molecule has 2 aromatic carbocycles. The number of benzene rings is 2. The number of aliphatic hydroxyl groups excluding tert-OH is 2. The standard InChI is InChI=1S/C27H36N5O8PS/c1-4-17(5-2)13-38-25(35)16(3)31-41(37,40-20-12-8-10-18-9-6-7-11-19(18)20)39-14-21-22(33)23(34)24(42-21)32-15-29-26(28)30-27(32)36/h6-12,15-17,21-24,33-34H,4-5,13-14H2,1-3H3,(H,31,37)(H2,28,30,36)/t16-,21+,22-,23?,24+,41?/m0/s1. The number of aliphatic hydroxyl groups is 2. The largest absolute Gasteiger partial charge is 0.464 e. The Kier molecular flexibility index (Phi) is 10.6. The zero-order chi connectivity index (χ0) is 30.4. The second kappa shape index (κ2) is 14.0. The topological polar surface area (TPSA) is 188 Å². The van der Waals surface area contributed by atoms with Gasteiger partial charge in [0.15, 0.2) is 0 Å². The van der Waals surface area contributed by atoms with Gasteiger partial charge >= 0.3 is 19.4 Å². The van der Waals surface area contributed by atoms with Crippen molar-refractivity contribution >= 4 is 42.2 Å². The number of nitrogens with two attached hydrogens (primary N) is 1. The molecule has 0 saturated carbocycles. The minimum Gasteiger partial charge on any atom is -0.464 e. The Hall–Kier alpha value is -3.00. The van der Waals surface area contributed by atoms with Crippen molar-refractivity contribution in [1.82, 2.24) is 19.6 Å². The summed E-state index contributed by atoms with van der Waals surface area (Å²) in [4.78, 5) is 32.4. The Morgan fingerprint density at radius 2 is 1.88 bits per heavy atom. The van der Waals surface area contributed by atoms with Crippen molar-refractivity contribution in [2.24, 2.45) is 5.92 Å². The molecule has 1 saturated heterocycles. The smallest absolute Gasteiger partial charge is 0.459 e. The van der Waals surface area contributed by atoms with Crippen LogP contribution in [0.3, 0.4) is 0 Å². The van der Waals surface area contributed by atoms with Crippen LogP contribution >= 0.6 is 19.5 Å². The predicted octanol–water partition coefficient (Wildman–Crippen LogP) is 2.87. The molecule has 42 heavy (non-hydrogen) atoms. The van der Waals surface area contributed by atoms with E-state index < -0.39 is 48.3 Å². The summed E-state index contributed by atoms with van der Waals surface area (Å²) in [7, 11) is -4.29. The maximum Gasteiger partial charge on any atom is 0.459 e. The van der Waals surface area contributed by atoms with Crippen molar-refractivity contribution in [3.8, 4) is 5.75 Å². The Balaban J connectivity index is 1.54. The average Bonchev–Trinajstić information content (AvgIpc) is 3.25. The predicted molar refractivity (Wildman–Crippen MR) is 159 cm³/mol. The van der Waals surface area contributed by atoms with Crippen molar-refractivity contribution < 1.29 is 33.4 Å². The van der Waals surface area contributed by atoms with E-state index in [4.69, 9.17) is 19.5 Å². The third kappa shape index (κ3) is 7.49. The lowest BCUT2D eigenvalue weighted by atomic mass is 10.1. The van der Waals surface area contributed by atoms with E-state index >= 15 is 0 Å². The van der Waals surface area contributed by atoms with Gasteiger partial charge in [0.1, 0.15) is 29.6 Å². The van der Waals surface area contributed by atoms with Crippen LogP contribution in [0.2, 0.25) is 0 Å². The van der Waals surface area contributed by atoms with Gasteiger partial charge in [0.2, 0.25) is 5.95 Å². The number of thioether (sulfide) groups is 1. The van der Waals surface area contributed by atoms with E-state index in [9.17, 15) is 24.4 Å². The fourth-order valence-electron chi connectivity index (χ4n) is 4.43. The molecule has 0 aliphatic carbocycles. The van der Waals surface area contributed by atoms with Crippen LogP contribution in [0.15, 0.2) is 53.6 Å². The van der Waals surface area contributed by atoms with Gasteiger partial charge in [-0.05, 0) is 24.3 Å². The van der Waals surface area contributed by atoms with Crippen molar-refractivity contribution in [2.75, 3.05) is 18.9 Å². The molecular weight excluding hydrogens is 585 g/mol. The number of esters is 1. The molecule has 6 atom stereocenters. The van der Waals surface area contributed by atoms with Crippen molar-refractivity contribution in [3.63, 3.8) is 0 Å². The number of nitrogens with one attached hydrogen (secondary N) is 1. The number of hydrogen-bond donors (Lipinski definition) is 4. The SMILES string of the molecule is CCC(CC)COC(=O)[C@H](C)NP(=O)(OC[C@H]1S[C@@H](n2cnc(N)nc2=O)C(O)[C@H]1O)Oc1cccc2ccccc12. The Labute approximate surface area is 247 Å². The fraction of sp³-hybridized carbons (Fsp3) is 0.481. The van der Waals surface area contributed by atoms with E-state index in [1.807, 2.05) is 38.1 Å². The molecule has 0 spiro atoms. The third-order valence-corrected chi connectivity index (χ3v) is 10.2. The van der Waals surface area contributed by atoms with E-state index in [1.54, 1.807) is 18.2 Å². The van der Waals surface area contributed by atoms with E-state index in [-0.39, 0.29) is 30.8 Å². The Morgan fingerprint density at radius 1 is 1.17 bits per heavy atom. The van der Waals surface area contributed by atoms with Gasteiger partial charge in [-0.1, -0.05) is 63.1 Å². The van der Waals surface area contributed by atoms with E-state index in [1.165, 1.54) is 6.92 Å². The van der Waals surface area contributed by atoms with Crippen LogP contribution in [0.25, 0.3) is 10.8 Å². The maximum absolute atomic E-state index is 14.2. The molecule has 1 aliphatic heterocycles. The fourth-order valence-corrected chi connectivity index (χ4v) is 7.49. The molecule has 0 radical (unpaired) electrons. The first-order valence-electron chi connectivity index (χ1n) is 13.6. The summed E-state index contributed by atoms with van der Waals surface area (Å²) >= 11 is 1.01. The van der Waals surface area contributed by atoms with Crippen LogP contribution in [0, 0.1) is 5.92 Å². The lowest BCUT2D eigenvalue weighted by Crippen LogP contribution is -2.38. The lowest BCUT2D eigenvalue weighted by molar-refractivity contribution is -0.146. The number of aromatic nitrogens is 3. The van der Waals surface area contributed by atoms with Crippen LogP contribution < -0.4 is 21.0 Å². The zero-order valence-corrected chi connectivity index (χ0v) is 25.2. The highest BCUT2D eigenvalue weighted by Gasteiger charge is 2.45. The highest BCUT2D eigenvalue weighted by molar-refractivity contribution is 8.00. The highest BCUT2D eigenvalue weighted by atomic mass is 32.2. The van der Waals surface area contributed by atoms with Gasteiger partial charge in [-0.15, -0.1) is 11.8 Å². The zero-order valence-electron chi connectivity index (χ0n) is 23.5. The summed E-state index contributed by atoms with van der Waals surface area (Å²) in [6.45, 7) is 5.37. The molecule has 1 aromatic heterocycles. The summed E-state index contributed by atoms with van der Waals surface area (Å²) in [5.41, 5.74) is 4.71. The molecule has 0 amide bonds. The van der Waals surface area contributed by atoms with Crippen molar-refractivity contribution in [2.45, 2.75) is 62.5 Å². The third-order valence-electron chi connectivity index (χ3n) is 7.06. The Bertz CT molecular complexity index is 1480. The molecule has 5 N–H and O–H groups in total. The van der Waals surface area contributed by atoms with E-state index in [2.05, 4.69) is 15.1 Å². The molecule has 15 heteroatoms. The Morgan fingerprint density at radius 3 is 2.60 bits per heavy atom. The molecule has 3 aromatic rings. The average molecular weight is 622 g/mol. The van der Waals surface area contributed by atoms with E-state index in [0.29, 0.717) is 5.39 Å². The molecule has 1 aliphatic rings. The highest BCUT2D eigenvalue weighted by Crippen LogP contribution is 2.49. The number of ether oxygens (including phenoxy) is 1. The molecule has 2 unspecified atom stereocenters. The molecule has 13 nitrogen and oxygen atoms in total. The molecule has 2 heterocycles. The van der Waals surface area contributed by atoms with Crippen LogP contribution in [0.1, 0.15) is 39.0 Å². The normalized spacial score (nSPS) is 22.6. The van der Waals surface area contributed by atoms with Crippen LogP contribution in [-0.2, 0) is 18.6 Å². The summed E-state index contributed by atoms with van der Waals surface area (Å²) in [6.07, 6.45) is 0.0733. The lowest BCUT2D eigenvalue weighted by Gasteiger charge is -2.25. The second-order valence-electron chi connectivity index (χ2n) is 9.98. The van der Waals surface area contributed by atoms with Crippen molar-refractivity contribution in [3.05, 3.63) is 59.3 Å². The van der Waals surface area contributed by atoms with Gasteiger partial charge in [0.25, 0.3) is 0 Å². The van der Waals surface area contributed by atoms with Crippen LogP contribution in [-0.4, -0.2) is 67.4 Å². The van der Waals surface area contributed by atoms with Gasteiger partial charge in [-0.25, -0.2) is 14.3 Å². The summed E-state index contributed by atoms with van der Waals surface area (Å²) in [6, 6.07) is 11.5. The van der Waals surface area contributed by atoms with Gasteiger partial charge in [-0.3, -0.25) is 13.9 Å². The summed E-state index contributed by atoms with van der Waals surface area (Å²) < 4.78 is 32.4. The quantitative estimate of drug-likeness (QED) is 0.161. The minimum atomic E-state index is -4.29. The number of carbonyl (C=O) groups excluding carboxylic acids is 1. The maximum atomic E-state index is 14.2. The van der Waals surface area contributed by atoms with Crippen LogP contribution in [0.5, 0.6) is 5.75 Å². The number of nitrogen functional groups attached to an aromatic ring is 1. The molecular formula is C27H36N5O8PS. The minimum absolute atomic E-state index is 0.204. The molecule has 0 bridgehead atoms. The number of nitrogens with zero attached hydrogens (tertiary/aromatic N) is 3.